The summed E-state index contributed by atoms with van der Waals surface area (Å²) in [6.07, 6.45) is -5.19. The van der Waals surface area contributed by atoms with Crippen LogP contribution in [0.1, 0.15) is 0 Å². The lowest BCUT2D eigenvalue weighted by atomic mass is 10.6. The van der Waals surface area contributed by atoms with Crippen LogP contribution in [0.15, 0.2) is 9.66 Å². The average Bonchev–Trinajstić information content (AvgIpc) is 1.62. The summed E-state index contributed by atoms with van der Waals surface area (Å²) in [5, 5.41) is 0. The van der Waals surface area contributed by atoms with Gasteiger partial charge in [0, 0.05) is 0 Å². The fourth-order valence-corrected chi connectivity index (χ4v) is 0.413. The van der Waals surface area contributed by atoms with Gasteiger partial charge in [0.2, 0.25) is 9.66 Å². The van der Waals surface area contributed by atoms with E-state index in [9.17, 15) is 22.0 Å². The van der Waals surface area contributed by atoms with Crippen LogP contribution in [0.4, 0.5) is 22.0 Å². The van der Waals surface area contributed by atoms with E-state index in [0.29, 0.717) is 22.6 Å². The van der Waals surface area contributed by atoms with E-state index in [1.165, 1.54) is 0 Å². The molecule has 9 heavy (non-hydrogen) atoms. The molecular weight excluding hydrogens is 258 g/mol. The van der Waals surface area contributed by atoms with E-state index in [4.69, 9.17) is 0 Å². The molecule has 0 aromatic rings. The molecule has 0 heterocycles. The molecule has 0 fully saturated rings. The maximum absolute atomic E-state index is 11.4. The second-order valence-corrected chi connectivity index (χ2v) is 2.02. The van der Waals surface area contributed by atoms with Crippen LogP contribution in [-0.4, -0.2) is 6.18 Å². The fraction of sp³-hybridized carbons (Fsp3) is 0.333. The highest BCUT2D eigenvalue weighted by Gasteiger charge is 2.37. The van der Waals surface area contributed by atoms with Crippen molar-refractivity contribution in [1.29, 1.82) is 0 Å². The molecule has 0 unspecified atom stereocenters. The van der Waals surface area contributed by atoms with Gasteiger partial charge in [-0.1, -0.05) is 0 Å². The van der Waals surface area contributed by atoms with Gasteiger partial charge in [-0.3, -0.25) is 0 Å². The summed E-state index contributed by atoms with van der Waals surface area (Å²) in [7, 11) is 0. The Morgan fingerprint density at radius 3 is 1.44 bits per heavy atom. The summed E-state index contributed by atoms with van der Waals surface area (Å²) < 4.78 is 54.0. The molecule has 6 heteroatoms. The van der Waals surface area contributed by atoms with Crippen molar-refractivity contribution in [2.45, 2.75) is 6.18 Å². The first-order valence-corrected chi connectivity index (χ1v) is 2.71. The molecule has 0 bridgehead atoms. The van der Waals surface area contributed by atoms with E-state index < -0.39 is 15.8 Å². The van der Waals surface area contributed by atoms with Crippen LogP contribution in [0.25, 0.3) is 0 Å². The smallest absolute Gasteiger partial charge is 0.198 e. The first kappa shape index (κ1) is 9.12. The number of halogens is 6. The highest BCUT2D eigenvalue weighted by atomic mass is 127. The van der Waals surface area contributed by atoms with Crippen molar-refractivity contribution in [3.8, 4) is 0 Å². The van der Waals surface area contributed by atoms with Gasteiger partial charge in [0.1, 0.15) is 0 Å². The van der Waals surface area contributed by atoms with Crippen LogP contribution in [-0.2, 0) is 0 Å². The minimum Gasteiger partial charge on any atom is -0.198 e. The Hall–Kier alpha value is 0.120. The summed E-state index contributed by atoms with van der Waals surface area (Å²) in [6, 6.07) is 0. The molecule has 0 saturated carbocycles. The molecule has 0 aliphatic carbocycles. The molecule has 0 amide bonds. The summed E-state index contributed by atoms with van der Waals surface area (Å²) in [6.45, 7) is 0. The zero-order valence-electron chi connectivity index (χ0n) is 3.77. The average molecular weight is 258 g/mol. The van der Waals surface area contributed by atoms with Gasteiger partial charge in [-0.05, 0) is 22.6 Å². The third-order valence-electron chi connectivity index (χ3n) is 0.415. The molecule has 0 radical (unpaired) electrons. The minimum atomic E-state index is -5.19. The van der Waals surface area contributed by atoms with Crippen molar-refractivity contribution in [2.75, 3.05) is 0 Å². The molecule has 0 aromatic heterocycles. The van der Waals surface area contributed by atoms with Crippen molar-refractivity contribution in [1.82, 2.24) is 0 Å². The number of hydrogen-bond donors (Lipinski definition) is 0. The summed E-state index contributed by atoms with van der Waals surface area (Å²) in [5.41, 5.74) is 0. The summed E-state index contributed by atoms with van der Waals surface area (Å²) >= 11 is 0.612. The summed E-state index contributed by atoms with van der Waals surface area (Å²) in [4.78, 5) is 0. The molecular formula is C3F5I. The van der Waals surface area contributed by atoms with Crippen LogP contribution >= 0.6 is 22.6 Å². The van der Waals surface area contributed by atoms with Gasteiger partial charge >= 0.3 is 6.18 Å². The Bertz CT molecular complexity index is 130. The van der Waals surface area contributed by atoms with Crippen molar-refractivity contribution in [3.63, 3.8) is 0 Å². The number of alkyl halides is 3. The Balaban J connectivity index is 4.40. The Kier molecular flexibility index (Phi) is 2.84. The van der Waals surface area contributed by atoms with Gasteiger partial charge in [-0.15, -0.1) is 0 Å². The molecule has 0 saturated heterocycles. The van der Waals surface area contributed by atoms with Gasteiger partial charge in [-0.2, -0.15) is 22.0 Å². The first-order chi connectivity index (χ1) is 3.85. The maximum atomic E-state index is 11.4. The number of allylic oxidation sites excluding steroid dienone is 1. The monoisotopic (exact) mass is 258 g/mol. The highest BCUT2D eigenvalue weighted by Crippen LogP contribution is 2.31. The van der Waals surface area contributed by atoms with Crippen molar-refractivity contribution in [2.24, 2.45) is 0 Å². The molecule has 0 aliphatic rings. The molecule has 0 N–H and O–H groups in total. The van der Waals surface area contributed by atoms with E-state index in [0.717, 1.165) is 0 Å². The topological polar surface area (TPSA) is 0 Å². The van der Waals surface area contributed by atoms with Gasteiger partial charge in [0.15, 0.2) is 0 Å². The predicted molar refractivity (Wildman–Crippen MR) is 29.3 cm³/mol. The van der Waals surface area contributed by atoms with Gasteiger partial charge < -0.3 is 0 Å². The molecule has 0 atom stereocenters. The zero-order valence-corrected chi connectivity index (χ0v) is 5.93. The molecule has 54 valence electrons. The Labute approximate surface area is 60.9 Å². The molecule has 0 nitrogen and oxygen atoms in total. The largest absolute Gasteiger partial charge is 0.446 e. The predicted octanol–water partition coefficient (Wildman–Crippen LogP) is 3.09. The van der Waals surface area contributed by atoms with E-state index in [1.54, 1.807) is 0 Å². The molecule has 0 rings (SSSR count). The molecule has 0 spiro atoms. The first-order valence-electron chi connectivity index (χ1n) is 1.63. The van der Waals surface area contributed by atoms with Gasteiger partial charge in [0.05, 0.1) is 0 Å². The van der Waals surface area contributed by atoms with Crippen molar-refractivity contribution >= 4 is 22.6 Å². The molecule has 0 aromatic carbocycles. The van der Waals surface area contributed by atoms with E-state index in [2.05, 4.69) is 0 Å². The fourth-order valence-electron chi connectivity index (χ4n) is 0.107. The van der Waals surface area contributed by atoms with E-state index >= 15 is 0 Å². The summed E-state index contributed by atoms with van der Waals surface area (Å²) in [5.74, 6) is -2.68. The van der Waals surface area contributed by atoms with E-state index in [1.807, 2.05) is 0 Å². The van der Waals surface area contributed by atoms with Crippen LogP contribution in [0, 0.1) is 0 Å². The molecule has 0 aliphatic heterocycles. The van der Waals surface area contributed by atoms with Crippen LogP contribution in [0.5, 0.6) is 0 Å². The quantitative estimate of drug-likeness (QED) is 0.462. The van der Waals surface area contributed by atoms with Crippen LogP contribution in [0.2, 0.25) is 0 Å². The second kappa shape index (κ2) is 2.80. The van der Waals surface area contributed by atoms with Crippen molar-refractivity contribution in [3.05, 3.63) is 9.66 Å². The van der Waals surface area contributed by atoms with Crippen molar-refractivity contribution < 1.29 is 22.0 Å². The lowest BCUT2D eigenvalue weighted by molar-refractivity contribution is -0.110. The van der Waals surface area contributed by atoms with Gasteiger partial charge in [0.25, 0.3) is 0 Å². The number of rotatable bonds is 0. The standard InChI is InChI=1S/C3F5I/c4-1(2(5)9)3(6,7)8/b2-1-. The normalized spacial score (nSPS) is 15.3. The highest BCUT2D eigenvalue weighted by molar-refractivity contribution is 14.1. The Morgan fingerprint density at radius 1 is 1.11 bits per heavy atom. The Morgan fingerprint density at radius 2 is 1.44 bits per heavy atom. The lowest BCUT2D eigenvalue weighted by Crippen LogP contribution is -2.07. The van der Waals surface area contributed by atoms with E-state index in [-0.39, 0.29) is 0 Å². The SMILES string of the molecule is F/C(I)=C(/F)C(F)(F)F. The third-order valence-corrected chi connectivity index (χ3v) is 0.888. The second-order valence-electron chi connectivity index (χ2n) is 1.07. The number of hydrogen-bond acceptors (Lipinski definition) is 0. The lowest BCUT2D eigenvalue weighted by Gasteiger charge is -1.99. The van der Waals surface area contributed by atoms with Crippen LogP contribution < -0.4 is 0 Å². The van der Waals surface area contributed by atoms with Crippen LogP contribution in [0.3, 0.4) is 0 Å². The van der Waals surface area contributed by atoms with Gasteiger partial charge in [-0.25, -0.2) is 0 Å². The third kappa shape index (κ3) is 2.97. The maximum Gasteiger partial charge on any atom is 0.446 e. The minimum absolute atomic E-state index is 0.612. The zero-order chi connectivity index (χ0) is 7.65.